The summed E-state index contributed by atoms with van der Waals surface area (Å²) in [4.78, 5) is 0. The van der Waals surface area contributed by atoms with Crippen molar-refractivity contribution in [2.24, 2.45) is 0 Å². The summed E-state index contributed by atoms with van der Waals surface area (Å²) in [5, 5.41) is -13.9. The third-order valence-corrected chi connectivity index (χ3v) is 13.8. The van der Waals surface area contributed by atoms with E-state index >= 15 is 0 Å². The first kappa shape index (κ1) is 34.2. The molecule has 0 bridgehead atoms. The molecule has 0 aromatic heterocycles. The fourth-order valence-electron chi connectivity index (χ4n) is 5.37. The largest absolute Gasteiger partial charge is 0.469 e. The van der Waals surface area contributed by atoms with Gasteiger partial charge in [0.05, 0.1) is 19.6 Å². The molecule has 5 nitrogen and oxygen atoms in total. The molecule has 0 aliphatic carbocycles. The maximum Gasteiger partial charge on any atom is 0.469 e. The van der Waals surface area contributed by atoms with Gasteiger partial charge in [0.15, 0.2) is 0 Å². The molecular weight excluding hydrogens is 572 g/mol. The van der Waals surface area contributed by atoms with Crippen molar-refractivity contribution in [1.29, 1.82) is 0 Å². The average molecular weight is 605 g/mol. The highest BCUT2D eigenvalue weighted by Crippen LogP contribution is 2.61. The number of hydrogen-bond acceptors (Lipinski definition) is 4. The zero-order valence-electron chi connectivity index (χ0n) is 20.7. The van der Waals surface area contributed by atoms with E-state index in [1.54, 1.807) is 13.8 Å². The molecule has 1 rings (SSSR count). The van der Waals surface area contributed by atoms with Crippen LogP contribution in [0.5, 0.6) is 0 Å². The number of likely N-dealkylation sites (tertiary alicyclic amines) is 1. The third kappa shape index (κ3) is 4.76. The number of piperidine rings is 1. The van der Waals surface area contributed by atoms with E-state index in [0.29, 0.717) is 33.1 Å². The Kier molecular flexibility index (Phi) is 9.50. The number of rotatable bonds is 11. The van der Waals surface area contributed by atoms with Gasteiger partial charge in [-0.05, 0) is 46.0 Å². The van der Waals surface area contributed by atoms with Crippen molar-refractivity contribution in [3.63, 3.8) is 0 Å². The van der Waals surface area contributed by atoms with Crippen LogP contribution in [-0.4, -0.2) is 73.4 Å². The van der Waals surface area contributed by atoms with E-state index in [0.717, 1.165) is 0 Å². The summed E-state index contributed by atoms with van der Waals surface area (Å²) in [6.45, 7) is 3.82. The van der Waals surface area contributed by atoms with Gasteiger partial charge in [0.25, 0.3) is 19.7 Å². The molecule has 1 unspecified atom stereocenters. The maximum absolute atomic E-state index is 14.6. The van der Waals surface area contributed by atoms with E-state index in [1.807, 2.05) is 0 Å². The van der Waals surface area contributed by atoms with E-state index < -0.39 is 69.5 Å². The number of alkyl halides is 10. The second kappa shape index (κ2) is 10.3. The number of unbranched alkanes of at least 4 members (excludes halogenated alkanes) is 3. The van der Waals surface area contributed by atoms with Gasteiger partial charge in [-0.2, -0.15) is 43.9 Å². The van der Waals surface area contributed by atoms with Gasteiger partial charge in [-0.25, -0.2) is 16.8 Å². The lowest BCUT2D eigenvalue weighted by molar-refractivity contribution is -0.978. The summed E-state index contributed by atoms with van der Waals surface area (Å²) >= 11 is 0. The third-order valence-electron chi connectivity index (χ3n) is 7.54. The molecular formula is C20H32F10NO4S2+. The van der Waals surface area contributed by atoms with E-state index in [2.05, 4.69) is 0 Å². The van der Waals surface area contributed by atoms with Crippen LogP contribution < -0.4 is 0 Å². The van der Waals surface area contributed by atoms with Gasteiger partial charge in [-0.3, -0.25) is 0 Å². The lowest BCUT2D eigenvalue weighted by atomic mass is 9.84. The minimum Gasteiger partial charge on any atom is -0.317 e. The SMILES string of the molecule is CCCCC[N+]1(CCCC)CCCC(S(=O)(=O)C(F)(F)C(F)(F)F)(S(=O)(=O)C(F)(F)C(F)(F)F)C1(C)C. The highest BCUT2D eigenvalue weighted by atomic mass is 32.3. The van der Waals surface area contributed by atoms with Crippen LogP contribution in [0.25, 0.3) is 0 Å². The van der Waals surface area contributed by atoms with Crippen molar-refractivity contribution in [2.45, 2.75) is 105 Å². The van der Waals surface area contributed by atoms with Crippen molar-refractivity contribution in [1.82, 2.24) is 0 Å². The van der Waals surface area contributed by atoms with E-state index in [9.17, 15) is 60.7 Å². The van der Waals surface area contributed by atoms with Gasteiger partial charge in [0.1, 0.15) is 5.54 Å². The second-order valence-electron chi connectivity index (χ2n) is 9.83. The topological polar surface area (TPSA) is 68.3 Å². The first-order chi connectivity index (χ1) is 16.3. The molecule has 0 aromatic rings. The van der Waals surface area contributed by atoms with Crippen LogP contribution >= 0.6 is 0 Å². The highest BCUT2D eigenvalue weighted by Gasteiger charge is 2.88. The molecule has 37 heavy (non-hydrogen) atoms. The van der Waals surface area contributed by atoms with Crippen LogP contribution in [0.3, 0.4) is 0 Å². The molecule has 0 radical (unpaired) electrons. The number of sulfone groups is 2. The van der Waals surface area contributed by atoms with Crippen LogP contribution in [0.2, 0.25) is 0 Å². The first-order valence-electron chi connectivity index (χ1n) is 11.6. The fourth-order valence-corrected chi connectivity index (χ4v) is 11.1. The van der Waals surface area contributed by atoms with Crippen LogP contribution in [0, 0.1) is 0 Å². The van der Waals surface area contributed by atoms with E-state index in [4.69, 9.17) is 0 Å². The lowest BCUT2D eigenvalue weighted by Crippen LogP contribution is -2.82. The van der Waals surface area contributed by atoms with Gasteiger partial charge in [-0.15, -0.1) is 0 Å². The predicted molar refractivity (Wildman–Crippen MR) is 115 cm³/mol. The number of halogens is 10. The van der Waals surface area contributed by atoms with Gasteiger partial charge in [-0.1, -0.05) is 26.7 Å². The van der Waals surface area contributed by atoms with Crippen molar-refractivity contribution in [3.05, 3.63) is 0 Å². The maximum atomic E-state index is 14.6. The number of nitrogens with zero attached hydrogens (tertiary/aromatic N) is 1. The molecule has 0 aromatic carbocycles. The molecule has 1 fully saturated rings. The van der Waals surface area contributed by atoms with Gasteiger partial charge in [0, 0.05) is 0 Å². The molecule has 222 valence electrons. The van der Waals surface area contributed by atoms with E-state index in [-0.39, 0.29) is 32.5 Å². The Hall–Kier alpha value is -0.840. The lowest BCUT2D eigenvalue weighted by Gasteiger charge is -2.61. The van der Waals surface area contributed by atoms with Crippen molar-refractivity contribution >= 4 is 19.7 Å². The summed E-state index contributed by atoms with van der Waals surface area (Å²) in [7, 11) is -15.3. The monoisotopic (exact) mass is 604 g/mol. The number of quaternary nitrogens is 1. The second-order valence-corrected chi connectivity index (χ2v) is 14.5. The normalized spacial score (nSPS) is 23.7. The zero-order valence-corrected chi connectivity index (χ0v) is 22.4. The van der Waals surface area contributed by atoms with Gasteiger partial charge >= 0.3 is 22.9 Å². The molecule has 1 heterocycles. The summed E-state index contributed by atoms with van der Waals surface area (Å²) < 4.78 is 185. The molecule has 0 spiro atoms. The quantitative estimate of drug-likeness (QED) is 0.160. The number of hydrogen-bond donors (Lipinski definition) is 0. The summed E-state index contributed by atoms with van der Waals surface area (Å²) in [6, 6.07) is 0. The van der Waals surface area contributed by atoms with Gasteiger partial charge in [0.2, 0.25) is 4.08 Å². The summed E-state index contributed by atoms with van der Waals surface area (Å²) in [5.74, 6) is 0. The fraction of sp³-hybridized carbons (Fsp3) is 1.00. The molecule has 1 aliphatic heterocycles. The van der Waals surface area contributed by atoms with Gasteiger partial charge < -0.3 is 4.48 Å². The Labute approximate surface area is 210 Å². The Morgan fingerprint density at radius 1 is 0.676 bits per heavy atom. The molecule has 0 amide bonds. The van der Waals surface area contributed by atoms with Crippen LogP contribution in [-0.2, 0) is 19.7 Å². The van der Waals surface area contributed by atoms with E-state index in [1.165, 1.54) is 0 Å². The highest BCUT2D eigenvalue weighted by molar-refractivity contribution is 8.11. The Bertz CT molecular complexity index is 965. The molecule has 0 saturated carbocycles. The summed E-state index contributed by atoms with van der Waals surface area (Å²) in [6.07, 6.45) is -15.0. The molecule has 0 N–H and O–H groups in total. The molecule has 17 heteroatoms. The Morgan fingerprint density at radius 3 is 1.41 bits per heavy atom. The van der Waals surface area contributed by atoms with Crippen molar-refractivity contribution in [2.75, 3.05) is 19.6 Å². The van der Waals surface area contributed by atoms with Crippen molar-refractivity contribution < 1.29 is 65.2 Å². The van der Waals surface area contributed by atoms with Crippen LogP contribution in [0.4, 0.5) is 43.9 Å². The summed E-state index contributed by atoms with van der Waals surface area (Å²) in [5.41, 5.74) is -2.98. The minimum atomic E-state index is -7.66. The van der Waals surface area contributed by atoms with Crippen LogP contribution in [0.15, 0.2) is 0 Å². The first-order valence-corrected chi connectivity index (χ1v) is 14.5. The Balaban J connectivity index is 4.34. The zero-order chi connectivity index (χ0) is 29.6. The Morgan fingerprint density at radius 2 is 1.05 bits per heavy atom. The minimum absolute atomic E-state index is 0.136. The molecule has 1 aliphatic rings. The predicted octanol–water partition coefficient (Wildman–Crippen LogP) is 6.20. The average Bonchev–Trinajstić information content (AvgIpc) is 2.71. The molecule has 1 atom stereocenters. The van der Waals surface area contributed by atoms with Crippen LogP contribution in [0.1, 0.15) is 72.6 Å². The smallest absolute Gasteiger partial charge is 0.317 e. The van der Waals surface area contributed by atoms with Crippen molar-refractivity contribution in [3.8, 4) is 0 Å². The molecule has 1 saturated heterocycles. The standard InChI is InChI=1S/C20H32F10NO4S2/c1-5-7-9-13-31(12-8-6-2)14-10-11-16(15(31,3)4,36(32,33)19(27,28)17(21,22)23)37(34,35)20(29,30)18(24,25)26/h5-14H2,1-4H3/q+1.